The first-order valence-electron chi connectivity index (χ1n) is 4.98. The van der Waals surface area contributed by atoms with Gasteiger partial charge in [0.15, 0.2) is 0 Å². The molecular weight excluding hydrogens is 269 g/mol. The fourth-order valence-corrected chi connectivity index (χ4v) is 3.15. The second-order valence-corrected chi connectivity index (χ2v) is 6.21. The minimum absolute atomic E-state index is 0.129. The SMILES string of the molecule is O=S(=O)(NC1(CO)CC1)c1ccc(Cl)cc1F. The molecule has 0 heterocycles. The van der Waals surface area contributed by atoms with Gasteiger partial charge in [0, 0.05) is 5.02 Å². The molecule has 1 saturated carbocycles. The predicted molar refractivity (Wildman–Crippen MR) is 60.8 cm³/mol. The minimum atomic E-state index is -3.96. The molecule has 0 saturated heterocycles. The van der Waals surface area contributed by atoms with Crippen molar-refractivity contribution in [1.29, 1.82) is 0 Å². The zero-order chi connectivity index (χ0) is 12.7. The van der Waals surface area contributed by atoms with Gasteiger partial charge in [0.05, 0.1) is 12.1 Å². The van der Waals surface area contributed by atoms with Crippen LogP contribution in [0.3, 0.4) is 0 Å². The average molecular weight is 280 g/mol. The van der Waals surface area contributed by atoms with Gasteiger partial charge in [-0.2, -0.15) is 0 Å². The van der Waals surface area contributed by atoms with Gasteiger partial charge >= 0.3 is 0 Å². The van der Waals surface area contributed by atoms with E-state index in [1.807, 2.05) is 0 Å². The van der Waals surface area contributed by atoms with Crippen LogP contribution in [0, 0.1) is 5.82 Å². The molecule has 0 aromatic heterocycles. The van der Waals surface area contributed by atoms with Crippen molar-refractivity contribution in [2.75, 3.05) is 6.61 Å². The minimum Gasteiger partial charge on any atom is -0.394 e. The normalized spacial score (nSPS) is 18.1. The molecule has 0 spiro atoms. The van der Waals surface area contributed by atoms with Gasteiger partial charge in [-0.25, -0.2) is 17.5 Å². The highest BCUT2D eigenvalue weighted by Crippen LogP contribution is 2.36. The van der Waals surface area contributed by atoms with E-state index in [1.54, 1.807) is 0 Å². The lowest BCUT2D eigenvalue weighted by atomic mass is 10.3. The highest BCUT2D eigenvalue weighted by molar-refractivity contribution is 7.89. The highest BCUT2D eigenvalue weighted by Gasteiger charge is 2.46. The van der Waals surface area contributed by atoms with Crippen LogP contribution in [0.5, 0.6) is 0 Å². The third kappa shape index (κ3) is 2.60. The van der Waals surface area contributed by atoms with Crippen molar-refractivity contribution in [3.8, 4) is 0 Å². The predicted octanol–water partition coefficient (Wildman–Crippen LogP) is 1.28. The molecule has 1 aliphatic rings. The van der Waals surface area contributed by atoms with E-state index in [0.717, 1.165) is 12.1 Å². The van der Waals surface area contributed by atoms with Crippen molar-refractivity contribution in [2.24, 2.45) is 0 Å². The van der Waals surface area contributed by atoms with Crippen molar-refractivity contribution in [1.82, 2.24) is 4.72 Å². The van der Waals surface area contributed by atoms with E-state index in [4.69, 9.17) is 16.7 Å². The van der Waals surface area contributed by atoms with E-state index in [1.165, 1.54) is 6.07 Å². The summed E-state index contributed by atoms with van der Waals surface area (Å²) in [4.78, 5) is -0.457. The Bertz CT molecular complexity index is 542. The maximum Gasteiger partial charge on any atom is 0.244 e. The second kappa shape index (κ2) is 4.20. The molecule has 17 heavy (non-hydrogen) atoms. The molecule has 2 N–H and O–H groups in total. The number of nitrogens with one attached hydrogen (secondary N) is 1. The maximum absolute atomic E-state index is 13.5. The summed E-state index contributed by atoms with van der Waals surface area (Å²) in [5.41, 5.74) is -0.815. The molecule has 0 unspecified atom stereocenters. The van der Waals surface area contributed by atoms with Crippen LogP contribution in [-0.2, 0) is 10.0 Å². The molecule has 7 heteroatoms. The van der Waals surface area contributed by atoms with E-state index >= 15 is 0 Å². The molecule has 94 valence electrons. The van der Waals surface area contributed by atoms with Gasteiger partial charge in [-0.1, -0.05) is 11.6 Å². The van der Waals surface area contributed by atoms with Crippen LogP contribution in [-0.4, -0.2) is 25.7 Å². The number of benzene rings is 1. The fraction of sp³-hybridized carbons (Fsp3) is 0.400. The number of halogens is 2. The van der Waals surface area contributed by atoms with Crippen LogP contribution < -0.4 is 4.72 Å². The van der Waals surface area contributed by atoms with Crippen LogP contribution >= 0.6 is 11.6 Å². The summed E-state index contributed by atoms with van der Waals surface area (Å²) in [6.45, 7) is -0.290. The molecule has 1 aromatic carbocycles. The first-order valence-corrected chi connectivity index (χ1v) is 6.85. The van der Waals surface area contributed by atoms with Gasteiger partial charge in [-0.15, -0.1) is 0 Å². The first kappa shape index (κ1) is 12.8. The Kier molecular flexibility index (Phi) is 3.15. The van der Waals surface area contributed by atoms with Gasteiger partial charge in [0.25, 0.3) is 0 Å². The molecule has 1 fully saturated rings. The molecule has 1 aromatic rings. The van der Waals surface area contributed by atoms with E-state index in [2.05, 4.69) is 4.72 Å². The molecule has 0 bridgehead atoms. The largest absolute Gasteiger partial charge is 0.394 e. The van der Waals surface area contributed by atoms with Crippen LogP contribution in [0.1, 0.15) is 12.8 Å². The number of aliphatic hydroxyl groups is 1. The second-order valence-electron chi connectivity index (χ2n) is 4.12. The molecule has 0 atom stereocenters. The number of rotatable bonds is 4. The number of sulfonamides is 1. The summed E-state index contributed by atoms with van der Waals surface area (Å²) in [7, 11) is -3.96. The summed E-state index contributed by atoms with van der Waals surface area (Å²) >= 11 is 5.54. The molecule has 0 amide bonds. The van der Waals surface area contributed by atoms with Crippen LogP contribution in [0.25, 0.3) is 0 Å². The quantitative estimate of drug-likeness (QED) is 0.873. The Morgan fingerprint density at radius 1 is 1.47 bits per heavy atom. The number of hydrogen-bond donors (Lipinski definition) is 2. The Balaban J connectivity index is 2.32. The lowest BCUT2D eigenvalue weighted by Gasteiger charge is -2.14. The van der Waals surface area contributed by atoms with Crippen molar-refractivity contribution in [3.05, 3.63) is 29.0 Å². The zero-order valence-corrected chi connectivity index (χ0v) is 10.4. The van der Waals surface area contributed by atoms with E-state index in [-0.39, 0.29) is 11.6 Å². The van der Waals surface area contributed by atoms with Crippen molar-refractivity contribution in [2.45, 2.75) is 23.3 Å². The summed E-state index contributed by atoms with van der Waals surface area (Å²) in [6.07, 6.45) is 1.11. The zero-order valence-electron chi connectivity index (χ0n) is 8.78. The summed E-state index contributed by atoms with van der Waals surface area (Å²) in [6, 6.07) is 3.35. The third-order valence-electron chi connectivity index (χ3n) is 2.69. The summed E-state index contributed by atoms with van der Waals surface area (Å²) < 4.78 is 39.5. The van der Waals surface area contributed by atoms with Crippen LogP contribution in [0.4, 0.5) is 4.39 Å². The molecule has 0 aliphatic heterocycles. The van der Waals surface area contributed by atoms with Crippen LogP contribution in [0.2, 0.25) is 5.02 Å². The molecule has 1 aliphatic carbocycles. The van der Waals surface area contributed by atoms with Crippen molar-refractivity contribution >= 4 is 21.6 Å². The lowest BCUT2D eigenvalue weighted by Crippen LogP contribution is -2.39. The highest BCUT2D eigenvalue weighted by atomic mass is 35.5. The van der Waals surface area contributed by atoms with Gasteiger partial charge in [-0.05, 0) is 31.0 Å². The Hall–Kier alpha value is -0.690. The monoisotopic (exact) mass is 279 g/mol. The molecule has 4 nitrogen and oxygen atoms in total. The Labute approximate surface area is 103 Å². The van der Waals surface area contributed by atoms with Crippen molar-refractivity contribution < 1.29 is 17.9 Å². The molecule has 2 rings (SSSR count). The van der Waals surface area contributed by atoms with Gasteiger partial charge in [-0.3, -0.25) is 0 Å². The van der Waals surface area contributed by atoms with Crippen LogP contribution in [0.15, 0.2) is 23.1 Å². The summed E-state index contributed by atoms with van der Waals surface area (Å²) in [5.74, 6) is -0.904. The van der Waals surface area contributed by atoms with E-state index in [0.29, 0.717) is 12.8 Å². The van der Waals surface area contributed by atoms with E-state index in [9.17, 15) is 12.8 Å². The first-order chi connectivity index (χ1) is 7.88. The van der Waals surface area contributed by atoms with Gasteiger partial charge < -0.3 is 5.11 Å². The maximum atomic E-state index is 13.5. The van der Waals surface area contributed by atoms with Gasteiger partial charge in [0.1, 0.15) is 10.7 Å². The summed E-state index contributed by atoms with van der Waals surface area (Å²) in [5, 5.41) is 9.17. The average Bonchev–Trinajstić information content (AvgIpc) is 2.97. The van der Waals surface area contributed by atoms with Crippen molar-refractivity contribution in [3.63, 3.8) is 0 Å². The fourth-order valence-electron chi connectivity index (χ4n) is 1.48. The lowest BCUT2D eigenvalue weighted by molar-refractivity contribution is 0.246. The topological polar surface area (TPSA) is 66.4 Å². The van der Waals surface area contributed by atoms with Gasteiger partial charge in [0.2, 0.25) is 10.0 Å². The number of hydrogen-bond acceptors (Lipinski definition) is 3. The smallest absolute Gasteiger partial charge is 0.244 e. The Morgan fingerprint density at radius 2 is 2.12 bits per heavy atom. The standard InChI is InChI=1S/C10H11ClFNO3S/c11-7-1-2-9(8(12)5-7)17(15,16)13-10(6-14)3-4-10/h1-2,5,13-14H,3-4,6H2. The number of aliphatic hydroxyl groups excluding tert-OH is 1. The molecule has 0 radical (unpaired) electrons. The Morgan fingerprint density at radius 3 is 2.59 bits per heavy atom. The third-order valence-corrected chi connectivity index (χ3v) is 4.54. The van der Waals surface area contributed by atoms with E-state index < -0.39 is 26.3 Å². The molecular formula is C10H11ClFNO3S.